The lowest BCUT2D eigenvalue weighted by Crippen LogP contribution is -2.32. The third-order valence-electron chi connectivity index (χ3n) is 4.87. The van der Waals surface area contributed by atoms with E-state index in [1.54, 1.807) is 22.4 Å². The number of carbonyl (C=O) groups excluding carboxylic acids is 1. The Labute approximate surface area is 179 Å². The molecule has 156 valence electrons. The maximum absolute atomic E-state index is 12.8. The van der Waals surface area contributed by atoms with Crippen molar-refractivity contribution in [3.8, 4) is 5.75 Å². The molecule has 1 aliphatic rings. The molecule has 0 saturated carbocycles. The number of ether oxygens (including phenoxy) is 1. The fourth-order valence-electron chi connectivity index (χ4n) is 3.36. The van der Waals surface area contributed by atoms with Gasteiger partial charge in [0, 0.05) is 30.2 Å². The molecule has 1 aliphatic heterocycles. The van der Waals surface area contributed by atoms with Gasteiger partial charge in [-0.3, -0.25) is 9.52 Å². The van der Waals surface area contributed by atoms with Gasteiger partial charge in [-0.2, -0.15) is 0 Å². The van der Waals surface area contributed by atoms with Gasteiger partial charge in [-0.1, -0.05) is 17.7 Å². The summed E-state index contributed by atoms with van der Waals surface area (Å²) in [6.45, 7) is 4.48. The van der Waals surface area contributed by atoms with Crippen LogP contribution in [0.15, 0.2) is 58.9 Å². The Morgan fingerprint density at radius 2 is 1.93 bits per heavy atom. The summed E-state index contributed by atoms with van der Waals surface area (Å²) in [6, 6.07) is 12.1. The number of hydrogen-bond donors (Lipinski definition) is 1. The Morgan fingerprint density at radius 1 is 1.17 bits per heavy atom. The van der Waals surface area contributed by atoms with Crippen molar-refractivity contribution < 1.29 is 17.9 Å². The molecule has 1 N–H and O–H groups in total. The first kappa shape index (κ1) is 20.4. The zero-order chi connectivity index (χ0) is 21.3. The highest BCUT2D eigenvalue weighted by Gasteiger charge is 2.34. The summed E-state index contributed by atoms with van der Waals surface area (Å²) in [6.07, 6.45) is 1.54. The van der Waals surface area contributed by atoms with E-state index < -0.39 is 16.1 Å². The van der Waals surface area contributed by atoms with Crippen LogP contribution in [0, 0.1) is 13.8 Å². The molecule has 1 saturated heterocycles. The Hall–Kier alpha value is -2.91. The molecule has 4 rings (SSSR count). The minimum absolute atomic E-state index is 0.108. The predicted octanol–water partition coefficient (Wildman–Crippen LogP) is 3.75. The Bertz CT molecular complexity index is 1160. The second-order valence-electron chi connectivity index (χ2n) is 7.09. The zero-order valence-electron chi connectivity index (χ0n) is 16.5. The van der Waals surface area contributed by atoms with Crippen LogP contribution in [0.3, 0.4) is 0 Å². The normalized spacial score (nSPS) is 16.7. The smallest absolute Gasteiger partial charge is 0.268 e. The highest BCUT2D eigenvalue weighted by atomic mass is 32.2. The first-order valence-corrected chi connectivity index (χ1v) is 11.8. The fourth-order valence-corrected chi connectivity index (χ4v) is 5.15. The fraction of sp³-hybridized carbons (Fsp3) is 0.238. The van der Waals surface area contributed by atoms with Crippen LogP contribution in [0.25, 0.3) is 0 Å². The summed E-state index contributed by atoms with van der Waals surface area (Å²) in [4.78, 5) is 18.5. The Morgan fingerprint density at radius 3 is 2.60 bits per heavy atom. The number of nitrogens with zero attached hydrogens (tertiary/aromatic N) is 2. The minimum atomic E-state index is -3.73. The number of sulfonamides is 1. The Balaban J connectivity index is 1.46. The molecular formula is C21H21N3O4S2. The predicted molar refractivity (Wildman–Crippen MR) is 117 cm³/mol. The molecule has 2 aromatic carbocycles. The molecular weight excluding hydrogens is 422 g/mol. The van der Waals surface area contributed by atoms with Gasteiger partial charge in [-0.05, 0) is 49.7 Å². The highest BCUT2D eigenvalue weighted by molar-refractivity contribution is 7.93. The van der Waals surface area contributed by atoms with E-state index in [9.17, 15) is 13.2 Å². The third-order valence-corrected chi connectivity index (χ3v) is 7.04. The topological polar surface area (TPSA) is 88.6 Å². The van der Waals surface area contributed by atoms with E-state index in [1.807, 2.05) is 32.0 Å². The van der Waals surface area contributed by atoms with Crippen LogP contribution in [-0.2, 0) is 14.8 Å². The van der Waals surface area contributed by atoms with Crippen molar-refractivity contribution in [1.82, 2.24) is 4.98 Å². The van der Waals surface area contributed by atoms with Gasteiger partial charge in [-0.25, -0.2) is 13.4 Å². The van der Waals surface area contributed by atoms with E-state index in [0.717, 1.165) is 11.1 Å². The van der Waals surface area contributed by atoms with Crippen LogP contribution >= 0.6 is 11.3 Å². The average Bonchev–Trinajstić information content (AvgIpc) is 3.34. The SMILES string of the molecule is Cc1ccc(OC2CCN(c3ccc(S(=O)(=O)Nc4nccs4)cc3)C2=O)c(C)c1. The van der Waals surface area contributed by atoms with Gasteiger partial charge in [0.2, 0.25) is 0 Å². The van der Waals surface area contributed by atoms with Crippen molar-refractivity contribution in [1.29, 1.82) is 0 Å². The van der Waals surface area contributed by atoms with Crippen molar-refractivity contribution in [2.75, 3.05) is 16.2 Å². The summed E-state index contributed by atoms with van der Waals surface area (Å²) in [7, 11) is -3.73. The molecule has 0 spiro atoms. The lowest BCUT2D eigenvalue weighted by molar-refractivity contribution is -0.122. The summed E-state index contributed by atoms with van der Waals surface area (Å²) in [5, 5.41) is 2.00. The van der Waals surface area contributed by atoms with E-state index in [-0.39, 0.29) is 10.8 Å². The number of thiazole rings is 1. The van der Waals surface area contributed by atoms with Crippen LogP contribution in [-0.4, -0.2) is 32.0 Å². The van der Waals surface area contributed by atoms with E-state index in [4.69, 9.17) is 4.74 Å². The molecule has 9 heteroatoms. The van der Waals surface area contributed by atoms with Crippen LogP contribution in [0.1, 0.15) is 17.5 Å². The molecule has 1 atom stereocenters. The molecule has 1 amide bonds. The van der Waals surface area contributed by atoms with Crippen molar-refractivity contribution in [3.63, 3.8) is 0 Å². The van der Waals surface area contributed by atoms with Crippen LogP contribution in [0.4, 0.5) is 10.8 Å². The van der Waals surface area contributed by atoms with Crippen molar-refractivity contribution in [3.05, 3.63) is 65.2 Å². The zero-order valence-corrected chi connectivity index (χ0v) is 18.2. The summed E-state index contributed by atoms with van der Waals surface area (Å²) in [5.74, 6) is 0.571. The number of carbonyl (C=O) groups is 1. The lowest BCUT2D eigenvalue weighted by atomic mass is 10.1. The quantitative estimate of drug-likeness (QED) is 0.627. The van der Waals surface area contributed by atoms with Gasteiger partial charge < -0.3 is 9.64 Å². The molecule has 0 aliphatic carbocycles. The number of hydrogen-bond acceptors (Lipinski definition) is 6. The monoisotopic (exact) mass is 443 g/mol. The number of aromatic nitrogens is 1. The summed E-state index contributed by atoms with van der Waals surface area (Å²) < 4.78 is 33.3. The number of benzene rings is 2. The summed E-state index contributed by atoms with van der Waals surface area (Å²) >= 11 is 1.20. The van der Waals surface area contributed by atoms with Crippen LogP contribution in [0.5, 0.6) is 5.75 Å². The highest BCUT2D eigenvalue weighted by Crippen LogP contribution is 2.28. The molecule has 1 unspecified atom stereocenters. The van der Waals surface area contributed by atoms with Gasteiger partial charge in [0.25, 0.3) is 15.9 Å². The van der Waals surface area contributed by atoms with Gasteiger partial charge >= 0.3 is 0 Å². The maximum Gasteiger partial charge on any atom is 0.268 e. The second-order valence-corrected chi connectivity index (χ2v) is 9.67. The van der Waals surface area contributed by atoms with Gasteiger partial charge in [0.15, 0.2) is 11.2 Å². The maximum atomic E-state index is 12.8. The lowest BCUT2D eigenvalue weighted by Gasteiger charge is -2.18. The molecule has 3 aromatic rings. The van der Waals surface area contributed by atoms with Crippen molar-refractivity contribution in [2.24, 2.45) is 0 Å². The molecule has 1 fully saturated rings. The van der Waals surface area contributed by atoms with E-state index in [2.05, 4.69) is 9.71 Å². The molecule has 30 heavy (non-hydrogen) atoms. The molecule has 2 heterocycles. The van der Waals surface area contributed by atoms with E-state index >= 15 is 0 Å². The third kappa shape index (κ3) is 4.17. The second kappa shape index (κ2) is 8.08. The van der Waals surface area contributed by atoms with Gasteiger partial charge in [-0.15, -0.1) is 11.3 Å². The molecule has 0 bridgehead atoms. The van der Waals surface area contributed by atoms with Crippen molar-refractivity contribution >= 4 is 38.1 Å². The number of nitrogens with one attached hydrogen (secondary N) is 1. The molecule has 0 radical (unpaired) electrons. The first-order chi connectivity index (χ1) is 14.3. The first-order valence-electron chi connectivity index (χ1n) is 9.41. The average molecular weight is 444 g/mol. The standard InChI is InChI=1S/C21H21N3O4S2/c1-14-3-8-18(15(2)13-14)28-19-9-11-24(20(19)25)16-4-6-17(7-5-16)30(26,27)23-21-22-10-12-29-21/h3-8,10,12-13,19H,9,11H2,1-2H3,(H,22,23). The number of aryl methyl sites for hydroxylation is 2. The van der Waals surface area contributed by atoms with E-state index in [0.29, 0.717) is 29.5 Å². The van der Waals surface area contributed by atoms with Gasteiger partial charge in [0.05, 0.1) is 4.90 Å². The number of anilines is 2. The van der Waals surface area contributed by atoms with Crippen LogP contribution < -0.4 is 14.4 Å². The molecule has 1 aromatic heterocycles. The number of rotatable bonds is 6. The minimum Gasteiger partial charge on any atom is -0.480 e. The Kier molecular flexibility index (Phi) is 5.48. The number of amides is 1. The van der Waals surface area contributed by atoms with Crippen LogP contribution in [0.2, 0.25) is 0 Å². The van der Waals surface area contributed by atoms with E-state index in [1.165, 1.54) is 29.7 Å². The largest absolute Gasteiger partial charge is 0.480 e. The van der Waals surface area contributed by atoms with Crippen molar-refractivity contribution in [2.45, 2.75) is 31.3 Å². The van der Waals surface area contributed by atoms with Gasteiger partial charge in [0.1, 0.15) is 5.75 Å². The summed E-state index contributed by atoms with van der Waals surface area (Å²) in [5.41, 5.74) is 2.77. The molecule has 7 nitrogen and oxygen atoms in total.